The maximum Gasteiger partial charge on any atom is 0.251 e. The summed E-state index contributed by atoms with van der Waals surface area (Å²) in [6, 6.07) is 7.98. The normalized spacial score (nSPS) is 15.2. The van der Waals surface area contributed by atoms with Crippen LogP contribution in [0.3, 0.4) is 0 Å². The van der Waals surface area contributed by atoms with Crippen molar-refractivity contribution in [3.05, 3.63) is 35.4 Å². The first-order valence-corrected chi connectivity index (χ1v) is 6.21. The Kier molecular flexibility index (Phi) is 3.81. The molecule has 2 amide bonds. The first-order chi connectivity index (χ1) is 9.10. The first-order valence-electron chi connectivity index (χ1n) is 6.21. The molecule has 1 saturated carbocycles. The summed E-state index contributed by atoms with van der Waals surface area (Å²) in [6.45, 7) is 1.65. The van der Waals surface area contributed by atoms with Gasteiger partial charge in [-0.3, -0.25) is 9.59 Å². The molecular weight excluding hydrogens is 242 g/mol. The summed E-state index contributed by atoms with van der Waals surface area (Å²) < 4.78 is 0. The van der Waals surface area contributed by atoms with Crippen molar-refractivity contribution in [2.75, 3.05) is 0 Å². The molecule has 5 nitrogen and oxygen atoms in total. The number of nitrogens with zero attached hydrogens (tertiary/aromatic N) is 1. The van der Waals surface area contributed by atoms with Gasteiger partial charge in [0, 0.05) is 11.6 Å². The van der Waals surface area contributed by atoms with Crippen molar-refractivity contribution >= 4 is 11.8 Å². The van der Waals surface area contributed by atoms with E-state index in [1.54, 1.807) is 31.2 Å². The van der Waals surface area contributed by atoms with Crippen LogP contribution in [0.5, 0.6) is 0 Å². The fourth-order valence-electron chi connectivity index (χ4n) is 1.60. The topological polar surface area (TPSA) is 82.0 Å². The molecule has 2 rings (SSSR count). The van der Waals surface area contributed by atoms with Gasteiger partial charge < -0.3 is 10.6 Å². The summed E-state index contributed by atoms with van der Waals surface area (Å²) >= 11 is 0. The van der Waals surface area contributed by atoms with E-state index in [1.807, 2.05) is 6.07 Å². The van der Waals surface area contributed by atoms with Crippen LogP contribution in [-0.2, 0) is 4.79 Å². The van der Waals surface area contributed by atoms with Crippen molar-refractivity contribution in [1.82, 2.24) is 10.6 Å². The lowest BCUT2D eigenvalue weighted by Crippen LogP contribution is -2.45. The van der Waals surface area contributed by atoms with Gasteiger partial charge in [-0.1, -0.05) is 0 Å². The van der Waals surface area contributed by atoms with Gasteiger partial charge in [0.05, 0.1) is 11.6 Å². The molecule has 0 aliphatic heterocycles. The van der Waals surface area contributed by atoms with Crippen LogP contribution in [0.15, 0.2) is 24.3 Å². The second-order valence-electron chi connectivity index (χ2n) is 4.67. The molecule has 19 heavy (non-hydrogen) atoms. The van der Waals surface area contributed by atoms with E-state index in [1.165, 1.54) is 0 Å². The van der Waals surface area contributed by atoms with E-state index in [0.717, 1.165) is 12.8 Å². The van der Waals surface area contributed by atoms with E-state index in [9.17, 15) is 9.59 Å². The van der Waals surface area contributed by atoms with Gasteiger partial charge in [-0.25, -0.2) is 0 Å². The zero-order valence-corrected chi connectivity index (χ0v) is 10.6. The minimum absolute atomic E-state index is 0.163. The summed E-state index contributed by atoms with van der Waals surface area (Å²) in [4.78, 5) is 23.6. The van der Waals surface area contributed by atoms with Gasteiger partial charge >= 0.3 is 0 Å². The molecule has 2 N–H and O–H groups in total. The molecule has 5 heteroatoms. The summed E-state index contributed by atoms with van der Waals surface area (Å²) in [5.74, 6) is -0.479. The molecule has 1 aromatic rings. The van der Waals surface area contributed by atoms with Crippen molar-refractivity contribution < 1.29 is 9.59 Å². The Morgan fingerprint density at radius 3 is 2.47 bits per heavy atom. The number of rotatable bonds is 4. The van der Waals surface area contributed by atoms with E-state index in [0.29, 0.717) is 11.1 Å². The van der Waals surface area contributed by atoms with Gasteiger partial charge in [-0.05, 0) is 44.0 Å². The van der Waals surface area contributed by atoms with Gasteiger partial charge in [-0.2, -0.15) is 5.26 Å². The van der Waals surface area contributed by atoms with Gasteiger partial charge in [0.2, 0.25) is 5.91 Å². The molecule has 0 radical (unpaired) electrons. The van der Waals surface area contributed by atoms with Crippen LogP contribution in [0.25, 0.3) is 0 Å². The van der Waals surface area contributed by atoms with Crippen molar-refractivity contribution in [3.8, 4) is 6.07 Å². The molecule has 1 atom stereocenters. The monoisotopic (exact) mass is 257 g/mol. The van der Waals surface area contributed by atoms with E-state index < -0.39 is 6.04 Å². The van der Waals surface area contributed by atoms with E-state index in [2.05, 4.69) is 10.6 Å². The molecular formula is C14H15N3O2. The van der Waals surface area contributed by atoms with Crippen LogP contribution in [0.1, 0.15) is 35.7 Å². The summed E-state index contributed by atoms with van der Waals surface area (Å²) in [5, 5.41) is 14.1. The largest absolute Gasteiger partial charge is 0.352 e. The third-order valence-electron chi connectivity index (χ3n) is 2.94. The number of hydrogen-bond acceptors (Lipinski definition) is 3. The first kappa shape index (κ1) is 13.1. The Bertz CT molecular complexity index is 527. The highest BCUT2D eigenvalue weighted by atomic mass is 16.2. The van der Waals surface area contributed by atoms with E-state index >= 15 is 0 Å². The number of hydrogen-bond donors (Lipinski definition) is 2. The maximum atomic E-state index is 11.9. The lowest BCUT2D eigenvalue weighted by atomic mass is 10.1. The van der Waals surface area contributed by atoms with Crippen LogP contribution < -0.4 is 10.6 Å². The number of nitriles is 1. The van der Waals surface area contributed by atoms with Gasteiger partial charge in [-0.15, -0.1) is 0 Å². The molecule has 98 valence electrons. The second kappa shape index (κ2) is 5.53. The lowest BCUT2D eigenvalue weighted by Gasteiger charge is -2.13. The van der Waals surface area contributed by atoms with Crippen molar-refractivity contribution in [2.45, 2.75) is 31.8 Å². The number of nitrogens with one attached hydrogen (secondary N) is 2. The highest BCUT2D eigenvalue weighted by Gasteiger charge is 2.26. The summed E-state index contributed by atoms with van der Waals surface area (Å²) in [7, 11) is 0. The zero-order valence-electron chi connectivity index (χ0n) is 10.6. The number of amides is 2. The van der Waals surface area contributed by atoms with Gasteiger partial charge in [0.25, 0.3) is 5.91 Å². The standard InChI is InChI=1S/C14H15N3O2/c1-9(13(18)17-12-6-7-12)16-14(19)11-4-2-10(8-15)3-5-11/h2-5,9,12H,6-7H2,1H3,(H,16,19)(H,17,18). The molecule has 1 aliphatic carbocycles. The molecule has 0 saturated heterocycles. The molecule has 0 aromatic heterocycles. The Balaban J connectivity index is 1.91. The fraction of sp³-hybridized carbons (Fsp3) is 0.357. The Hall–Kier alpha value is -2.35. The number of benzene rings is 1. The average Bonchev–Trinajstić information content (AvgIpc) is 3.22. The Morgan fingerprint density at radius 2 is 1.95 bits per heavy atom. The smallest absolute Gasteiger partial charge is 0.251 e. The minimum atomic E-state index is -0.566. The van der Waals surface area contributed by atoms with Crippen LogP contribution in [0.4, 0.5) is 0 Å². The van der Waals surface area contributed by atoms with Crippen LogP contribution in [0, 0.1) is 11.3 Å². The fourth-order valence-corrected chi connectivity index (χ4v) is 1.60. The number of carbonyl (C=O) groups excluding carboxylic acids is 2. The van der Waals surface area contributed by atoms with Crippen LogP contribution in [-0.4, -0.2) is 23.9 Å². The van der Waals surface area contributed by atoms with Crippen LogP contribution >= 0.6 is 0 Å². The van der Waals surface area contributed by atoms with Crippen molar-refractivity contribution in [3.63, 3.8) is 0 Å². The predicted molar refractivity (Wildman–Crippen MR) is 69.2 cm³/mol. The Labute approximate surface area is 111 Å². The SMILES string of the molecule is CC(NC(=O)c1ccc(C#N)cc1)C(=O)NC1CC1. The lowest BCUT2D eigenvalue weighted by molar-refractivity contribution is -0.122. The summed E-state index contributed by atoms with van der Waals surface area (Å²) in [5.41, 5.74) is 0.932. The predicted octanol–water partition coefficient (Wildman–Crippen LogP) is 0.955. The Morgan fingerprint density at radius 1 is 1.32 bits per heavy atom. The summed E-state index contributed by atoms with van der Waals surface area (Å²) in [6.07, 6.45) is 2.03. The molecule has 1 aromatic carbocycles. The van der Waals surface area contributed by atoms with Crippen LogP contribution in [0.2, 0.25) is 0 Å². The quantitative estimate of drug-likeness (QED) is 0.842. The molecule has 0 bridgehead atoms. The van der Waals surface area contributed by atoms with Gasteiger partial charge in [0.15, 0.2) is 0 Å². The zero-order chi connectivity index (χ0) is 13.8. The average molecular weight is 257 g/mol. The van der Waals surface area contributed by atoms with Crippen molar-refractivity contribution in [1.29, 1.82) is 5.26 Å². The maximum absolute atomic E-state index is 11.9. The minimum Gasteiger partial charge on any atom is -0.352 e. The third kappa shape index (κ3) is 3.55. The van der Waals surface area contributed by atoms with E-state index in [-0.39, 0.29) is 17.9 Å². The van der Waals surface area contributed by atoms with Gasteiger partial charge in [0.1, 0.15) is 6.04 Å². The number of carbonyl (C=O) groups is 2. The third-order valence-corrected chi connectivity index (χ3v) is 2.94. The molecule has 1 aliphatic rings. The van der Waals surface area contributed by atoms with Crippen molar-refractivity contribution in [2.24, 2.45) is 0 Å². The highest BCUT2D eigenvalue weighted by Crippen LogP contribution is 2.18. The molecule has 1 unspecified atom stereocenters. The highest BCUT2D eigenvalue weighted by molar-refractivity contribution is 5.97. The molecule has 0 spiro atoms. The molecule has 1 fully saturated rings. The van der Waals surface area contributed by atoms with E-state index in [4.69, 9.17) is 5.26 Å². The molecule has 0 heterocycles. The second-order valence-corrected chi connectivity index (χ2v) is 4.67.